The summed E-state index contributed by atoms with van der Waals surface area (Å²) in [6, 6.07) is 0. The van der Waals surface area contributed by atoms with Crippen LogP contribution in [-0.2, 0) is 4.74 Å². The van der Waals surface area contributed by atoms with Gasteiger partial charge in [0.25, 0.3) is 0 Å². The molecule has 0 aromatic carbocycles. The predicted octanol–water partition coefficient (Wildman–Crippen LogP) is 0.499. The number of nitrogens with two attached hydrogens (primary N) is 2. The van der Waals surface area contributed by atoms with Crippen molar-refractivity contribution in [2.45, 2.75) is 20.3 Å². The Labute approximate surface area is 109 Å². The van der Waals surface area contributed by atoms with Crippen LogP contribution in [0.5, 0.6) is 0 Å². The van der Waals surface area contributed by atoms with E-state index < -0.39 is 5.97 Å². The van der Waals surface area contributed by atoms with E-state index in [1.165, 1.54) is 0 Å². The molecule has 1 heterocycles. The Kier molecular flexibility index (Phi) is 4.78. The zero-order valence-corrected chi connectivity index (χ0v) is 10.9. The van der Waals surface area contributed by atoms with Crippen molar-refractivity contribution in [1.82, 2.24) is 5.16 Å². The van der Waals surface area contributed by atoms with E-state index in [0.29, 0.717) is 17.0 Å². The molecule has 0 amide bonds. The van der Waals surface area contributed by atoms with Gasteiger partial charge in [0.05, 0.1) is 22.9 Å². The van der Waals surface area contributed by atoms with Crippen LogP contribution >= 0.6 is 12.2 Å². The number of esters is 1. The number of hydrogen-bond acceptors (Lipinski definition) is 7. The maximum Gasteiger partial charge on any atom is 0.361 e. The number of carbonyl (C=O) groups excluding carboxylic acids is 1. The highest BCUT2D eigenvalue weighted by Gasteiger charge is 2.25. The number of ether oxygens (including phenoxy) is 1. The molecule has 0 aliphatic rings. The van der Waals surface area contributed by atoms with Gasteiger partial charge in [-0.3, -0.25) is 0 Å². The molecular weight excluding hydrogens is 256 g/mol. The normalized spacial score (nSPS) is 11.3. The first-order valence-electron chi connectivity index (χ1n) is 5.20. The summed E-state index contributed by atoms with van der Waals surface area (Å²) in [6.07, 6.45) is 0.153. The minimum atomic E-state index is -0.603. The summed E-state index contributed by atoms with van der Waals surface area (Å²) in [5.74, 6) is 5.07. The molecule has 0 atom stereocenters. The van der Waals surface area contributed by atoms with Crippen molar-refractivity contribution in [2.24, 2.45) is 16.7 Å². The first-order valence-corrected chi connectivity index (χ1v) is 5.60. The molecule has 1 aromatic rings. The maximum atomic E-state index is 11.7. The first-order chi connectivity index (χ1) is 8.51. The molecule has 0 fully saturated rings. The van der Waals surface area contributed by atoms with Gasteiger partial charge in [-0.25, -0.2) is 4.79 Å². The lowest BCUT2D eigenvalue weighted by atomic mass is 10.1. The number of hydrazone groups is 1. The Morgan fingerprint density at radius 2 is 2.28 bits per heavy atom. The molecule has 7 nitrogen and oxygen atoms in total. The van der Waals surface area contributed by atoms with Crippen molar-refractivity contribution in [2.75, 3.05) is 6.61 Å². The summed E-state index contributed by atoms with van der Waals surface area (Å²) in [5.41, 5.74) is 6.18. The van der Waals surface area contributed by atoms with Crippen LogP contribution in [0.25, 0.3) is 0 Å². The van der Waals surface area contributed by atoms with Crippen LogP contribution in [0.2, 0.25) is 0 Å². The van der Waals surface area contributed by atoms with E-state index in [1.54, 1.807) is 13.8 Å². The van der Waals surface area contributed by atoms with E-state index in [0.717, 1.165) is 0 Å². The summed E-state index contributed by atoms with van der Waals surface area (Å²) in [4.78, 5) is 11.9. The molecular formula is C10H14N4O3S. The van der Waals surface area contributed by atoms with Crippen LogP contribution in [0.4, 0.5) is 0 Å². The Morgan fingerprint density at radius 3 is 2.78 bits per heavy atom. The van der Waals surface area contributed by atoms with Gasteiger partial charge >= 0.3 is 5.97 Å². The van der Waals surface area contributed by atoms with Gasteiger partial charge in [-0.1, -0.05) is 17.4 Å². The smallest absolute Gasteiger partial charge is 0.361 e. The van der Waals surface area contributed by atoms with Crippen LogP contribution in [-0.4, -0.2) is 28.4 Å². The molecule has 0 saturated heterocycles. The number of aryl methyl sites for hydroxylation is 1. The maximum absolute atomic E-state index is 11.7. The van der Waals surface area contributed by atoms with Crippen molar-refractivity contribution >= 4 is 28.9 Å². The summed E-state index contributed by atoms with van der Waals surface area (Å²) in [7, 11) is 0. The van der Waals surface area contributed by atoms with Crippen LogP contribution in [0.15, 0.2) is 9.62 Å². The molecule has 0 unspecified atom stereocenters. The lowest BCUT2D eigenvalue weighted by Gasteiger charge is -2.04. The fourth-order valence-corrected chi connectivity index (χ4v) is 1.55. The SMILES string of the molecule is CCOC(=O)c1noc(C)c1C(CC(N)=S)=NN. The van der Waals surface area contributed by atoms with Gasteiger partial charge in [0, 0.05) is 6.42 Å². The van der Waals surface area contributed by atoms with Gasteiger partial charge in [0.15, 0.2) is 0 Å². The Balaban J connectivity index is 3.18. The van der Waals surface area contributed by atoms with Gasteiger partial charge in [-0.05, 0) is 13.8 Å². The third kappa shape index (κ3) is 3.04. The minimum absolute atomic E-state index is 0.0230. The Morgan fingerprint density at radius 1 is 1.61 bits per heavy atom. The number of hydrogen-bond donors (Lipinski definition) is 2. The number of nitrogens with zero attached hydrogens (tertiary/aromatic N) is 2. The van der Waals surface area contributed by atoms with E-state index in [1.807, 2.05) is 0 Å². The number of aromatic nitrogens is 1. The Bertz CT molecular complexity index is 495. The average Bonchev–Trinajstić information content (AvgIpc) is 2.68. The minimum Gasteiger partial charge on any atom is -0.461 e. The van der Waals surface area contributed by atoms with Gasteiger partial charge < -0.3 is 20.8 Å². The van der Waals surface area contributed by atoms with Crippen molar-refractivity contribution in [3.05, 3.63) is 17.0 Å². The van der Waals surface area contributed by atoms with E-state index >= 15 is 0 Å². The summed E-state index contributed by atoms with van der Waals surface area (Å²) >= 11 is 4.79. The van der Waals surface area contributed by atoms with Gasteiger partial charge in [-0.15, -0.1) is 0 Å². The number of carbonyl (C=O) groups is 1. The lowest BCUT2D eigenvalue weighted by Crippen LogP contribution is -2.19. The van der Waals surface area contributed by atoms with Gasteiger partial charge in [0.2, 0.25) is 5.69 Å². The fourth-order valence-electron chi connectivity index (χ4n) is 1.41. The van der Waals surface area contributed by atoms with Crippen LogP contribution in [0, 0.1) is 6.92 Å². The van der Waals surface area contributed by atoms with E-state index in [9.17, 15) is 4.79 Å². The first kappa shape index (κ1) is 14.1. The van der Waals surface area contributed by atoms with Crippen molar-refractivity contribution in [3.63, 3.8) is 0 Å². The van der Waals surface area contributed by atoms with Crippen molar-refractivity contribution in [3.8, 4) is 0 Å². The topological polar surface area (TPSA) is 117 Å². The molecule has 0 radical (unpaired) electrons. The van der Waals surface area contributed by atoms with Crippen LogP contribution in [0.3, 0.4) is 0 Å². The highest BCUT2D eigenvalue weighted by Crippen LogP contribution is 2.17. The molecule has 0 spiro atoms. The summed E-state index contributed by atoms with van der Waals surface area (Å²) in [6.45, 7) is 3.56. The molecule has 1 aromatic heterocycles. The van der Waals surface area contributed by atoms with Crippen LogP contribution in [0.1, 0.15) is 35.2 Å². The van der Waals surface area contributed by atoms with Crippen molar-refractivity contribution in [1.29, 1.82) is 0 Å². The molecule has 0 aliphatic heterocycles. The summed E-state index contributed by atoms with van der Waals surface area (Å²) < 4.78 is 9.82. The van der Waals surface area contributed by atoms with Crippen molar-refractivity contribution < 1.29 is 14.1 Å². The molecule has 0 bridgehead atoms. The summed E-state index contributed by atoms with van der Waals surface area (Å²) in [5, 5.41) is 7.22. The van der Waals surface area contributed by atoms with Gasteiger partial charge in [0.1, 0.15) is 5.76 Å². The zero-order chi connectivity index (χ0) is 13.7. The second kappa shape index (κ2) is 6.10. The third-order valence-electron chi connectivity index (χ3n) is 2.12. The third-order valence-corrected chi connectivity index (χ3v) is 2.26. The van der Waals surface area contributed by atoms with E-state index in [4.69, 9.17) is 33.1 Å². The molecule has 1 rings (SSSR count). The molecule has 0 saturated carbocycles. The standard InChI is InChI=1S/C10H14N4O3S/c1-3-16-10(15)9-8(5(2)17-14-9)6(13-12)4-7(11)18/h3-4,12H2,1-2H3,(H2,11,18). The largest absolute Gasteiger partial charge is 0.461 e. The molecule has 0 aliphatic carbocycles. The lowest BCUT2D eigenvalue weighted by molar-refractivity contribution is 0.0514. The molecule has 98 valence electrons. The Hall–Kier alpha value is -1.96. The fraction of sp³-hybridized carbons (Fsp3) is 0.400. The molecule has 18 heavy (non-hydrogen) atoms. The number of rotatable bonds is 5. The average molecular weight is 270 g/mol. The quantitative estimate of drug-likeness (QED) is 0.263. The molecule has 8 heteroatoms. The van der Waals surface area contributed by atoms with Crippen LogP contribution < -0.4 is 11.6 Å². The zero-order valence-electron chi connectivity index (χ0n) is 10.1. The second-order valence-corrected chi connectivity index (χ2v) is 3.93. The highest BCUT2D eigenvalue weighted by molar-refractivity contribution is 7.80. The number of thiocarbonyl (C=S) groups is 1. The predicted molar refractivity (Wildman–Crippen MR) is 69.3 cm³/mol. The monoisotopic (exact) mass is 270 g/mol. The second-order valence-electron chi connectivity index (χ2n) is 3.40. The van der Waals surface area contributed by atoms with Gasteiger partial charge in [-0.2, -0.15) is 5.10 Å². The highest BCUT2D eigenvalue weighted by atomic mass is 32.1. The van der Waals surface area contributed by atoms with E-state index in [2.05, 4.69) is 10.3 Å². The molecule has 4 N–H and O–H groups in total. The van der Waals surface area contributed by atoms with E-state index in [-0.39, 0.29) is 23.7 Å².